The van der Waals surface area contributed by atoms with Crippen LogP contribution in [0.3, 0.4) is 0 Å². The number of urea groups is 1. The number of benzene rings is 1. The van der Waals surface area contributed by atoms with E-state index in [2.05, 4.69) is 26.6 Å². The summed E-state index contributed by atoms with van der Waals surface area (Å²) in [4.78, 5) is 34.6. The zero-order valence-corrected chi connectivity index (χ0v) is 16.1. The Kier molecular flexibility index (Phi) is 8.98. The van der Waals surface area contributed by atoms with Crippen LogP contribution in [0.2, 0.25) is 0 Å². The first kappa shape index (κ1) is 21.0. The Labute approximate surface area is 155 Å². The van der Waals surface area contributed by atoms with Gasteiger partial charge in [-0.05, 0) is 52.9 Å². The first-order valence-electron chi connectivity index (χ1n) is 7.90. The van der Waals surface area contributed by atoms with Crippen molar-refractivity contribution < 1.29 is 23.9 Å². The highest BCUT2D eigenvalue weighted by Crippen LogP contribution is 2.25. The van der Waals surface area contributed by atoms with Crippen molar-refractivity contribution in [2.75, 3.05) is 19.8 Å². The van der Waals surface area contributed by atoms with Crippen molar-refractivity contribution in [2.45, 2.75) is 27.2 Å². The molecule has 0 radical (unpaired) electrons. The van der Waals surface area contributed by atoms with Crippen LogP contribution in [0.5, 0.6) is 5.75 Å². The molecule has 0 aromatic heterocycles. The topological polar surface area (TPSA) is 93.7 Å². The van der Waals surface area contributed by atoms with Crippen LogP contribution < -0.4 is 15.4 Å². The minimum absolute atomic E-state index is 0.338. The molecule has 0 spiro atoms. The molecule has 0 unspecified atom stereocenters. The van der Waals surface area contributed by atoms with Crippen molar-refractivity contribution in [1.29, 1.82) is 0 Å². The fourth-order valence-corrected chi connectivity index (χ4v) is 2.34. The molecule has 0 saturated carbocycles. The molecule has 0 heterocycles. The molecule has 7 nitrogen and oxygen atoms in total. The number of ether oxygens (including phenoxy) is 2. The highest BCUT2D eigenvalue weighted by atomic mass is 79.9. The quantitative estimate of drug-likeness (QED) is 0.637. The second-order valence-corrected chi connectivity index (χ2v) is 6.72. The largest absolute Gasteiger partial charge is 0.481 e. The minimum atomic E-state index is -0.706. The third kappa shape index (κ3) is 9.09. The molecule has 0 saturated heterocycles. The van der Waals surface area contributed by atoms with Crippen LogP contribution in [0.25, 0.3) is 0 Å². The first-order valence-corrected chi connectivity index (χ1v) is 8.69. The van der Waals surface area contributed by atoms with E-state index < -0.39 is 24.5 Å². The maximum atomic E-state index is 11.6. The normalized spacial score (nSPS) is 10.3. The molecule has 0 aliphatic rings. The molecule has 0 aliphatic carbocycles. The van der Waals surface area contributed by atoms with E-state index >= 15 is 0 Å². The summed E-state index contributed by atoms with van der Waals surface area (Å²) in [5.41, 5.74) is 1.05. The summed E-state index contributed by atoms with van der Waals surface area (Å²) in [5.74, 6) is -0.461. The Morgan fingerprint density at radius 3 is 2.56 bits per heavy atom. The Hall–Kier alpha value is -2.09. The molecule has 1 aromatic rings. The smallest absolute Gasteiger partial charge is 0.344 e. The van der Waals surface area contributed by atoms with Crippen LogP contribution in [0.15, 0.2) is 22.7 Å². The molecule has 25 heavy (non-hydrogen) atoms. The Morgan fingerprint density at radius 1 is 1.20 bits per heavy atom. The Bertz CT molecular complexity index is 619. The van der Waals surface area contributed by atoms with Crippen molar-refractivity contribution in [1.82, 2.24) is 10.6 Å². The Balaban J connectivity index is 2.24. The van der Waals surface area contributed by atoms with Crippen LogP contribution in [0, 0.1) is 12.8 Å². The summed E-state index contributed by atoms with van der Waals surface area (Å²) >= 11 is 3.33. The van der Waals surface area contributed by atoms with Crippen LogP contribution in [0.4, 0.5) is 4.79 Å². The third-order valence-corrected chi connectivity index (χ3v) is 3.68. The number of halogens is 1. The van der Waals surface area contributed by atoms with Crippen LogP contribution in [-0.2, 0) is 14.3 Å². The predicted octanol–water partition coefficient (Wildman–Crippen LogP) is 2.55. The van der Waals surface area contributed by atoms with Gasteiger partial charge in [0.05, 0.1) is 4.47 Å². The van der Waals surface area contributed by atoms with Gasteiger partial charge >= 0.3 is 12.0 Å². The molecule has 2 N–H and O–H groups in total. The van der Waals surface area contributed by atoms with Gasteiger partial charge in [-0.25, -0.2) is 9.59 Å². The number of esters is 1. The van der Waals surface area contributed by atoms with E-state index in [0.29, 0.717) is 18.2 Å². The molecule has 138 valence electrons. The van der Waals surface area contributed by atoms with E-state index in [1.54, 1.807) is 6.07 Å². The maximum Gasteiger partial charge on any atom is 0.344 e. The van der Waals surface area contributed by atoms with Gasteiger partial charge in [0.2, 0.25) is 0 Å². The summed E-state index contributed by atoms with van der Waals surface area (Å²) in [6, 6.07) is 4.81. The summed E-state index contributed by atoms with van der Waals surface area (Å²) in [6.07, 6.45) is 0.808. The number of imide groups is 1. The van der Waals surface area contributed by atoms with Gasteiger partial charge < -0.3 is 14.8 Å². The summed E-state index contributed by atoms with van der Waals surface area (Å²) in [6.45, 7) is 5.57. The van der Waals surface area contributed by atoms with Crippen LogP contribution >= 0.6 is 15.9 Å². The Morgan fingerprint density at radius 2 is 1.92 bits per heavy atom. The molecule has 0 aliphatic heterocycles. The summed E-state index contributed by atoms with van der Waals surface area (Å²) < 4.78 is 10.8. The number of rotatable bonds is 8. The lowest BCUT2D eigenvalue weighted by Gasteiger charge is -2.10. The van der Waals surface area contributed by atoms with E-state index in [4.69, 9.17) is 9.47 Å². The van der Waals surface area contributed by atoms with E-state index in [-0.39, 0.29) is 6.61 Å². The maximum absolute atomic E-state index is 11.6. The summed E-state index contributed by atoms with van der Waals surface area (Å²) in [5, 5.41) is 4.63. The van der Waals surface area contributed by atoms with Crippen LogP contribution in [-0.4, -0.2) is 37.7 Å². The van der Waals surface area contributed by atoms with Gasteiger partial charge in [0, 0.05) is 6.54 Å². The molecular formula is C17H23BrN2O5. The predicted molar refractivity (Wildman–Crippen MR) is 96.3 cm³/mol. The standard InChI is InChI=1S/C17H23BrN2O5/c1-11(2)6-7-19-17(23)20-15(21)9-25-16(22)10-24-14-5-4-12(3)8-13(14)18/h4-5,8,11H,6-7,9-10H2,1-3H3,(H2,19,20,21,23). The van der Waals surface area contributed by atoms with Crippen molar-refractivity contribution in [3.8, 4) is 5.75 Å². The van der Waals surface area contributed by atoms with Crippen molar-refractivity contribution in [3.05, 3.63) is 28.2 Å². The molecule has 1 aromatic carbocycles. The number of carbonyl (C=O) groups excluding carboxylic acids is 3. The number of nitrogens with one attached hydrogen (secondary N) is 2. The lowest BCUT2D eigenvalue weighted by molar-refractivity contribution is -0.150. The average molecular weight is 415 g/mol. The fourth-order valence-electron chi connectivity index (χ4n) is 1.73. The highest BCUT2D eigenvalue weighted by molar-refractivity contribution is 9.10. The minimum Gasteiger partial charge on any atom is -0.481 e. The molecule has 1 rings (SSSR count). The number of aryl methyl sites for hydroxylation is 1. The van der Waals surface area contributed by atoms with Crippen molar-refractivity contribution in [3.63, 3.8) is 0 Å². The monoisotopic (exact) mass is 414 g/mol. The van der Waals surface area contributed by atoms with E-state index in [9.17, 15) is 14.4 Å². The SMILES string of the molecule is Cc1ccc(OCC(=O)OCC(=O)NC(=O)NCCC(C)C)c(Br)c1. The average Bonchev–Trinajstić information content (AvgIpc) is 2.51. The number of carbonyl (C=O) groups is 3. The molecule has 0 atom stereocenters. The third-order valence-electron chi connectivity index (χ3n) is 3.06. The van der Waals surface area contributed by atoms with Gasteiger partial charge in [-0.2, -0.15) is 0 Å². The highest BCUT2D eigenvalue weighted by Gasteiger charge is 2.12. The molecule has 3 amide bonds. The second-order valence-electron chi connectivity index (χ2n) is 5.87. The summed E-state index contributed by atoms with van der Waals surface area (Å²) in [7, 11) is 0. The molecule has 8 heteroatoms. The number of hydrogen-bond acceptors (Lipinski definition) is 5. The van der Waals surface area contributed by atoms with Gasteiger partial charge in [0.15, 0.2) is 13.2 Å². The number of hydrogen-bond donors (Lipinski definition) is 2. The van der Waals surface area contributed by atoms with E-state index in [0.717, 1.165) is 16.5 Å². The first-order chi connectivity index (χ1) is 11.8. The fraction of sp³-hybridized carbons (Fsp3) is 0.471. The number of amides is 3. The van der Waals surface area contributed by atoms with E-state index in [1.807, 2.05) is 32.9 Å². The van der Waals surface area contributed by atoms with Crippen molar-refractivity contribution in [2.24, 2.45) is 5.92 Å². The van der Waals surface area contributed by atoms with Gasteiger partial charge in [-0.1, -0.05) is 19.9 Å². The lowest BCUT2D eigenvalue weighted by Crippen LogP contribution is -2.42. The molecule has 0 bridgehead atoms. The van der Waals surface area contributed by atoms with Gasteiger partial charge in [-0.3, -0.25) is 10.1 Å². The van der Waals surface area contributed by atoms with E-state index in [1.165, 1.54) is 0 Å². The van der Waals surface area contributed by atoms with Crippen LogP contribution in [0.1, 0.15) is 25.8 Å². The zero-order valence-electron chi connectivity index (χ0n) is 14.6. The molecular weight excluding hydrogens is 392 g/mol. The second kappa shape index (κ2) is 10.7. The van der Waals surface area contributed by atoms with Gasteiger partial charge in [0.1, 0.15) is 5.75 Å². The van der Waals surface area contributed by atoms with Gasteiger partial charge in [0.25, 0.3) is 5.91 Å². The lowest BCUT2D eigenvalue weighted by atomic mass is 10.1. The van der Waals surface area contributed by atoms with Crippen molar-refractivity contribution >= 4 is 33.8 Å². The zero-order chi connectivity index (χ0) is 18.8. The van der Waals surface area contributed by atoms with Gasteiger partial charge in [-0.15, -0.1) is 0 Å². The molecule has 0 fully saturated rings.